The summed E-state index contributed by atoms with van der Waals surface area (Å²) in [6, 6.07) is 3.69. The molecular weight excluding hydrogens is 272 g/mol. The molecule has 0 aliphatic heterocycles. The number of rotatable bonds is 7. The predicted octanol–water partition coefficient (Wildman–Crippen LogP) is 1.06. The summed E-state index contributed by atoms with van der Waals surface area (Å²) >= 11 is 0. The quantitative estimate of drug-likeness (QED) is 0.814. The zero-order chi connectivity index (χ0) is 16.0. The van der Waals surface area contributed by atoms with Crippen molar-refractivity contribution in [2.45, 2.75) is 19.4 Å². The molecule has 1 atom stereocenters. The van der Waals surface area contributed by atoms with Gasteiger partial charge in [0.25, 0.3) is 5.91 Å². The minimum Gasteiger partial charge on any atom is -0.493 e. The molecule has 2 N–H and O–H groups in total. The van der Waals surface area contributed by atoms with Crippen molar-refractivity contribution in [1.82, 2.24) is 4.90 Å². The molecule has 0 fully saturated rings. The number of methoxy groups -OCH3 is 2. The van der Waals surface area contributed by atoms with E-state index in [9.17, 15) is 4.79 Å². The first-order chi connectivity index (χ1) is 9.94. The van der Waals surface area contributed by atoms with Crippen LogP contribution >= 0.6 is 0 Å². The van der Waals surface area contributed by atoms with Gasteiger partial charge in [-0.3, -0.25) is 4.79 Å². The minimum absolute atomic E-state index is 0.134. The fraction of sp³-hybridized carbons (Fsp3) is 0.533. The van der Waals surface area contributed by atoms with Gasteiger partial charge in [-0.05, 0) is 37.6 Å². The Bertz CT molecular complexity index is 464. The lowest BCUT2D eigenvalue weighted by Gasteiger charge is -2.21. The van der Waals surface area contributed by atoms with Gasteiger partial charge in [-0.2, -0.15) is 0 Å². The average Bonchev–Trinajstić information content (AvgIpc) is 2.47. The zero-order valence-corrected chi connectivity index (χ0v) is 13.3. The van der Waals surface area contributed by atoms with E-state index in [-0.39, 0.29) is 5.91 Å². The van der Waals surface area contributed by atoms with E-state index in [1.807, 2.05) is 12.1 Å². The van der Waals surface area contributed by atoms with E-state index in [0.717, 1.165) is 5.56 Å². The molecule has 0 saturated carbocycles. The Balaban J connectivity index is 3.12. The lowest BCUT2D eigenvalue weighted by Crippen LogP contribution is -2.35. The molecule has 0 aliphatic rings. The second kappa shape index (κ2) is 7.73. The van der Waals surface area contributed by atoms with Crippen LogP contribution in [0.2, 0.25) is 0 Å². The Morgan fingerprint density at radius 3 is 2.14 bits per heavy atom. The number of likely N-dealkylation sites (N-methyl/N-ethyl adjacent to an activating group) is 1. The van der Waals surface area contributed by atoms with Gasteiger partial charge in [0, 0.05) is 14.1 Å². The number of carbonyl (C=O) groups excluding carboxylic acids is 1. The Morgan fingerprint density at radius 1 is 1.24 bits per heavy atom. The van der Waals surface area contributed by atoms with Gasteiger partial charge in [0.15, 0.2) is 17.6 Å². The number of nitrogens with two attached hydrogens (primary N) is 1. The molecule has 1 rings (SSSR count). The number of nitrogens with zero attached hydrogens (tertiary/aromatic N) is 1. The Labute approximate surface area is 125 Å². The van der Waals surface area contributed by atoms with Crippen LogP contribution < -0.4 is 19.9 Å². The van der Waals surface area contributed by atoms with Crippen molar-refractivity contribution in [2.75, 3.05) is 34.9 Å². The Hall–Kier alpha value is -1.95. The molecule has 1 aromatic carbocycles. The highest BCUT2D eigenvalue weighted by Crippen LogP contribution is 2.39. The van der Waals surface area contributed by atoms with Gasteiger partial charge < -0.3 is 24.8 Å². The van der Waals surface area contributed by atoms with Crippen molar-refractivity contribution in [3.05, 3.63) is 17.7 Å². The second-order valence-electron chi connectivity index (χ2n) is 4.86. The second-order valence-corrected chi connectivity index (χ2v) is 4.86. The molecule has 1 unspecified atom stereocenters. The van der Waals surface area contributed by atoms with E-state index >= 15 is 0 Å². The topological polar surface area (TPSA) is 74.0 Å². The highest BCUT2D eigenvalue weighted by molar-refractivity contribution is 5.80. The first-order valence-corrected chi connectivity index (χ1v) is 6.77. The third-order valence-electron chi connectivity index (χ3n) is 3.04. The van der Waals surface area contributed by atoms with Crippen LogP contribution in [0.15, 0.2) is 12.1 Å². The Kier molecular flexibility index (Phi) is 6.30. The van der Waals surface area contributed by atoms with E-state index < -0.39 is 6.10 Å². The summed E-state index contributed by atoms with van der Waals surface area (Å²) in [6.07, 6.45) is 0.0716. The lowest BCUT2D eigenvalue weighted by molar-refractivity contribution is -0.135. The maximum Gasteiger partial charge on any atom is 0.262 e. The first kappa shape index (κ1) is 17.1. The smallest absolute Gasteiger partial charge is 0.262 e. The molecule has 0 heterocycles. The molecule has 0 radical (unpaired) electrons. The SMILES string of the molecule is COc1cc(CCN)cc(OC)c1OC(C)C(=O)N(C)C. The zero-order valence-electron chi connectivity index (χ0n) is 13.3. The van der Waals surface area contributed by atoms with Crippen LogP contribution in [0.25, 0.3) is 0 Å². The van der Waals surface area contributed by atoms with Gasteiger partial charge in [-0.15, -0.1) is 0 Å². The highest BCUT2D eigenvalue weighted by Gasteiger charge is 2.22. The highest BCUT2D eigenvalue weighted by atomic mass is 16.5. The molecule has 0 bridgehead atoms. The maximum absolute atomic E-state index is 11.9. The molecule has 0 aliphatic carbocycles. The molecule has 6 nitrogen and oxygen atoms in total. The van der Waals surface area contributed by atoms with Crippen molar-refractivity contribution >= 4 is 5.91 Å². The summed E-state index contributed by atoms with van der Waals surface area (Å²) in [5, 5.41) is 0. The minimum atomic E-state index is -0.636. The van der Waals surface area contributed by atoms with Crippen LogP contribution in [-0.4, -0.2) is 51.8 Å². The van der Waals surface area contributed by atoms with Crippen LogP contribution in [-0.2, 0) is 11.2 Å². The summed E-state index contributed by atoms with van der Waals surface area (Å²) in [6.45, 7) is 2.22. The van der Waals surface area contributed by atoms with E-state index in [0.29, 0.717) is 30.2 Å². The number of hydrogen-bond acceptors (Lipinski definition) is 5. The molecule has 0 spiro atoms. The number of hydrogen-bond donors (Lipinski definition) is 1. The number of amides is 1. The van der Waals surface area contributed by atoms with E-state index in [1.165, 1.54) is 4.90 Å². The summed E-state index contributed by atoms with van der Waals surface area (Å²) < 4.78 is 16.4. The maximum atomic E-state index is 11.9. The van der Waals surface area contributed by atoms with Crippen LogP contribution in [0.4, 0.5) is 0 Å². The van der Waals surface area contributed by atoms with Crippen molar-refractivity contribution in [1.29, 1.82) is 0 Å². The predicted molar refractivity (Wildman–Crippen MR) is 81.1 cm³/mol. The van der Waals surface area contributed by atoms with E-state index in [1.54, 1.807) is 35.2 Å². The summed E-state index contributed by atoms with van der Waals surface area (Å²) in [5.41, 5.74) is 6.56. The number of benzene rings is 1. The number of ether oxygens (including phenoxy) is 3. The largest absolute Gasteiger partial charge is 0.493 e. The third kappa shape index (κ3) is 4.26. The van der Waals surface area contributed by atoms with Crippen molar-refractivity contribution in [2.24, 2.45) is 5.73 Å². The fourth-order valence-electron chi connectivity index (χ4n) is 1.95. The van der Waals surface area contributed by atoms with Gasteiger partial charge >= 0.3 is 0 Å². The van der Waals surface area contributed by atoms with Crippen LogP contribution in [0.1, 0.15) is 12.5 Å². The van der Waals surface area contributed by atoms with Crippen molar-refractivity contribution < 1.29 is 19.0 Å². The molecule has 1 aromatic rings. The van der Waals surface area contributed by atoms with Crippen LogP contribution in [0.3, 0.4) is 0 Å². The summed E-state index contributed by atoms with van der Waals surface area (Å²) in [4.78, 5) is 13.4. The number of carbonyl (C=O) groups is 1. The van der Waals surface area contributed by atoms with Crippen LogP contribution in [0, 0.1) is 0 Å². The monoisotopic (exact) mass is 296 g/mol. The van der Waals surface area contributed by atoms with Crippen LogP contribution in [0.5, 0.6) is 17.2 Å². The summed E-state index contributed by atoms with van der Waals surface area (Å²) in [7, 11) is 6.46. The molecule has 118 valence electrons. The third-order valence-corrected chi connectivity index (χ3v) is 3.04. The first-order valence-electron chi connectivity index (χ1n) is 6.77. The van der Waals surface area contributed by atoms with Crippen molar-refractivity contribution in [3.63, 3.8) is 0 Å². The average molecular weight is 296 g/mol. The van der Waals surface area contributed by atoms with E-state index in [4.69, 9.17) is 19.9 Å². The lowest BCUT2D eigenvalue weighted by atomic mass is 10.1. The van der Waals surface area contributed by atoms with Gasteiger partial charge in [0.1, 0.15) is 0 Å². The van der Waals surface area contributed by atoms with Gasteiger partial charge in [-0.25, -0.2) is 0 Å². The van der Waals surface area contributed by atoms with Crippen molar-refractivity contribution in [3.8, 4) is 17.2 Å². The Morgan fingerprint density at radius 2 is 1.76 bits per heavy atom. The molecule has 21 heavy (non-hydrogen) atoms. The molecule has 0 aromatic heterocycles. The molecular formula is C15H24N2O4. The molecule has 0 saturated heterocycles. The standard InChI is InChI=1S/C15H24N2O4/c1-10(15(18)17(2)3)21-14-12(19-4)8-11(6-7-16)9-13(14)20-5/h8-10H,6-7,16H2,1-5H3. The molecule has 6 heteroatoms. The fourth-order valence-corrected chi connectivity index (χ4v) is 1.95. The normalized spacial score (nSPS) is 11.7. The molecule has 1 amide bonds. The van der Waals surface area contributed by atoms with Gasteiger partial charge in [0.2, 0.25) is 5.75 Å². The summed E-state index contributed by atoms with van der Waals surface area (Å²) in [5.74, 6) is 1.33. The van der Waals surface area contributed by atoms with Gasteiger partial charge in [-0.1, -0.05) is 0 Å². The van der Waals surface area contributed by atoms with E-state index in [2.05, 4.69) is 0 Å². The van der Waals surface area contributed by atoms with Gasteiger partial charge in [0.05, 0.1) is 14.2 Å².